The van der Waals surface area contributed by atoms with Gasteiger partial charge in [0.05, 0.1) is 7.11 Å². The highest BCUT2D eigenvalue weighted by Crippen LogP contribution is 2.36. The van der Waals surface area contributed by atoms with Gasteiger partial charge in [-0.25, -0.2) is 0 Å². The second-order valence-electron chi connectivity index (χ2n) is 5.38. The van der Waals surface area contributed by atoms with Gasteiger partial charge in [0.1, 0.15) is 5.75 Å². The fourth-order valence-corrected chi connectivity index (χ4v) is 2.82. The molecule has 2 heteroatoms. The zero-order valence-corrected chi connectivity index (χ0v) is 11.1. The van der Waals surface area contributed by atoms with E-state index in [2.05, 4.69) is 32.0 Å². The second kappa shape index (κ2) is 5.09. The van der Waals surface area contributed by atoms with Crippen molar-refractivity contribution in [1.82, 2.24) is 0 Å². The molecule has 0 aromatic heterocycles. The Balaban J connectivity index is 2.31. The molecular formula is C15H23NO. The first kappa shape index (κ1) is 12.4. The number of benzene rings is 1. The average Bonchev–Trinajstić information content (AvgIpc) is 2.36. The molecule has 0 bridgehead atoms. The van der Waals surface area contributed by atoms with Gasteiger partial charge in [-0.1, -0.05) is 19.9 Å². The van der Waals surface area contributed by atoms with Gasteiger partial charge in [0.25, 0.3) is 0 Å². The fourth-order valence-electron chi connectivity index (χ4n) is 2.82. The van der Waals surface area contributed by atoms with Crippen molar-refractivity contribution < 1.29 is 4.74 Å². The third-order valence-electron chi connectivity index (χ3n) is 3.95. The molecule has 1 aromatic rings. The highest BCUT2D eigenvalue weighted by molar-refractivity contribution is 5.40. The molecule has 2 nitrogen and oxygen atoms in total. The molecular weight excluding hydrogens is 210 g/mol. The maximum Gasteiger partial charge on any atom is 0.119 e. The molecule has 0 fully saturated rings. The van der Waals surface area contributed by atoms with Gasteiger partial charge < -0.3 is 10.5 Å². The quantitative estimate of drug-likeness (QED) is 0.870. The van der Waals surface area contributed by atoms with Crippen molar-refractivity contribution in [3.05, 3.63) is 29.3 Å². The lowest BCUT2D eigenvalue weighted by molar-refractivity contribution is 0.377. The minimum Gasteiger partial charge on any atom is -0.497 e. The van der Waals surface area contributed by atoms with Crippen LogP contribution in [0.1, 0.15) is 43.7 Å². The van der Waals surface area contributed by atoms with E-state index in [-0.39, 0.29) is 6.04 Å². The van der Waals surface area contributed by atoms with Gasteiger partial charge in [-0.15, -0.1) is 0 Å². The molecule has 2 N–H and O–H groups in total. The monoisotopic (exact) mass is 233 g/mol. The van der Waals surface area contributed by atoms with E-state index in [9.17, 15) is 0 Å². The van der Waals surface area contributed by atoms with Crippen LogP contribution >= 0.6 is 0 Å². The normalized spacial score (nSPS) is 21.1. The van der Waals surface area contributed by atoms with Gasteiger partial charge in [0.2, 0.25) is 0 Å². The predicted octanol–water partition coefficient (Wildman–Crippen LogP) is 3.10. The molecule has 2 rings (SSSR count). The van der Waals surface area contributed by atoms with E-state index in [1.165, 1.54) is 24.0 Å². The van der Waals surface area contributed by atoms with Crippen LogP contribution in [0.15, 0.2) is 18.2 Å². The van der Waals surface area contributed by atoms with Crippen LogP contribution in [0.5, 0.6) is 5.75 Å². The SMILES string of the molecule is COc1ccc2c(c1)CCCC2C(N)C(C)C. The number of methoxy groups -OCH3 is 1. The van der Waals surface area contributed by atoms with E-state index in [0.717, 1.165) is 12.2 Å². The van der Waals surface area contributed by atoms with E-state index in [4.69, 9.17) is 10.5 Å². The van der Waals surface area contributed by atoms with Gasteiger partial charge in [0, 0.05) is 6.04 Å². The summed E-state index contributed by atoms with van der Waals surface area (Å²) in [6.45, 7) is 4.42. The van der Waals surface area contributed by atoms with Gasteiger partial charge in [-0.2, -0.15) is 0 Å². The molecule has 94 valence electrons. The number of hydrogen-bond acceptors (Lipinski definition) is 2. The summed E-state index contributed by atoms with van der Waals surface area (Å²) < 4.78 is 5.29. The Morgan fingerprint density at radius 3 is 2.76 bits per heavy atom. The Labute approximate surface area is 104 Å². The summed E-state index contributed by atoms with van der Waals surface area (Å²) in [6, 6.07) is 6.71. The minimum absolute atomic E-state index is 0.266. The van der Waals surface area contributed by atoms with Gasteiger partial charge >= 0.3 is 0 Å². The Bertz CT molecular complexity index is 387. The van der Waals surface area contributed by atoms with Crippen molar-refractivity contribution in [2.45, 2.75) is 45.1 Å². The molecule has 2 atom stereocenters. The van der Waals surface area contributed by atoms with Gasteiger partial charge in [0.15, 0.2) is 0 Å². The smallest absolute Gasteiger partial charge is 0.119 e. The Kier molecular flexibility index (Phi) is 3.72. The summed E-state index contributed by atoms with van der Waals surface area (Å²) in [5.41, 5.74) is 9.22. The summed E-state index contributed by atoms with van der Waals surface area (Å²) in [5, 5.41) is 0. The second-order valence-corrected chi connectivity index (χ2v) is 5.38. The van der Waals surface area contributed by atoms with Crippen molar-refractivity contribution >= 4 is 0 Å². The molecule has 0 saturated carbocycles. The van der Waals surface area contributed by atoms with Crippen molar-refractivity contribution in [1.29, 1.82) is 0 Å². The average molecular weight is 233 g/mol. The number of nitrogens with two attached hydrogens (primary N) is 1. The first-order valence-corrected chi connectivity index (χ1v) is 6.56. The lowest BCUT2D eigenvalue weighted by Gasteiger charge is -2.32. The zero-order valence-electron chi connectivity index (χ0n) is 11.1. The molecule has 1 aliphatic rings. The molecule has 2 unspecified atom stereocenters. The predicted molar refractivity (Wildman–Crippen MR) is 71.5 cm³/mol. The molecule has 17 heavy (non-hydrogen) atoms. The molecule has 0 amide bonds. The van der Waals surface area contributed by atoms with E-state index in [1.807, 2.05) is 0 Å². The summed E-state index contributed by atoms with van der Waals surface area (Å²) >= 11 is 0. The standard InChI is InChI=1S/C15H23NO/c1-10(2)15(16)14-6-4-5-11-9-12(17-3)7-8-13(11)14/h7-10,14-15H,4-6,16H2,1-3H3. The maximum atomic E-state index is 6.35. The van der Waals surface area contributed by atoms with Crippen molar-refractivity contribution in [2.75, 3.05) is 7.11 Å². The number of rotatable bonds is 3. The van der Waals surface area contributed by atoms with Crippen LogP contribution in [-0.2, 0) is 6.42 Å². The van der Waals surface area contributed by atoms with Crippen LogP contribution in [0.2, 0.25) is 0 Å². The van der Waals surface area contributed by atoms with E-state index < -0.39 is 0 Å². The molecule has 0 saturated heterocycles. The number of aryl methyl sites for hydroxylation is 1. The van der Waals surface area contributed by atoms with Crippen LogP contribution in [0, 0.1) is 5.92 Å². The molecule has 0 heterocycles. The largest absolute Gasteiger partial charge is 0.497 e. The third-order valence-corrected chi connectivity index (χ3v) is 3.95. The minimum atomic E-state index is 0.266. The summed E-state index contributed by atoms with van der Waals surface area (Å²) in [7, 11) is 1.72. The van der Waals surface area contributed by atoms with Crippen molar-refractivity contribution in [2.24, 2.45) is 11.7 Å². The first-order valence-electron chi connectivity index (χ1n) is 6.56. The van der Waals surface area contributed by atoms with Crippen LogP contribution < -0.4 is 10.5 Å². The van der Waals surface area contributed by atoms with E-state index in [1.54, 1.807) is 7.11 Å². The van der Waals surface area contributed by atoms with Gasteiger partial charge in [-0.3, -0.25) is 0 Å². The molecule has 0 aliphatic heterocycles. The molecule has 1 aromatic carbocycles. The fraction of sp³-hybridized carbons (Fsp3) is 0.600. The maximum absolute atomic E-state index is 6.35. The van der Waals surface area contributed by atoms with E-state index in [0.29, 0.717) is 11.8 Å². The van der Waals surface area contributed by atoms with Crippen molar-refractivity contribution in [3.8, 4) is 5.75 Å². The van der Waals surface area contributed by atoms with Crippen LogP contribution in [0.25, 0.3) is 0 Å². The molecule has 0 radical (unpaired) electrons. The third kappa shape index (κ3) is 2.47. The zero-order chi connectivity index (χ0) is 12.4. The lowest BCUT2D eigenvalue weighted by Crippen LogP contribution is -2.35. The number of fused-ring (bicyclic) bond motifs is 1. The van der Waals surface area contributed by atoms with Gasteiger partial charge in [-0.05, 0) is 54.4 Å². The Morgan fingerprint density at radius 1 is 1.35 bits per heavy atom. The number of hydrogen-bond donors (Lipinski definition) is 1. The van der Waals surface area contributed by atoms with Crippen LogP contribution in [0.3, 0.4) is 0 Å². The Hall–Kier alpha value is -1.02. The topological polar surface area (TPSA) is 35.2 Å². The highest BCUT2D eigenvalue weighted by atomic mass is 16.5. The summed E-state index contributed by atoms with van der Waals surface area (Å²) in [6.07, 6.45) is 3.62. The molecule has 1 aliphatic carbocycles. The lowest BCUT2D eigenvalue weighted by atomic mass is 9.76. The van der Waals surface area contributed by atoms with E-state index >= 15 is 0 Å². The van der Waals surface area contributed by atoms with Crippen LogP contribution in [0.4, 0.5) is 0 Å². The summed E-state index contributed by atoms with van der Waals surface area (Å²) in [4.78, 5) is 0. The molecule has 0 spiro atoms. The highest BCUT2D eigenvalue weighted by Gasteiger charge is 2.27. The summed E-state index contributed by atoms with van der Waals surface area (Å²) in [5.74, 6) is 2.01. The van der Waals surface area contributed by atoms with Crippen LogP contribution in [-0.4, -0.2) is 13.2 Å². The Morgan fingerprint density at radius 2 is 2.12 bits per heavy atom. The van der Waals surface area contributed by atoms with Crippen molar-refractivity contribution in [3.63, 3.8) is 0 Å². The first-order chi connectivity index (χ1) is 8.13. The number of ether oxygens (including phenoxy) is 1.